The first-order chi connectivity index (χ1) is 12.9. The third-order valence-electron chi connectivity index (χ3n) is 5.61. The molecule has 0 N–H and O–H groups in total. The van der Waals surface area contributed by atoms with Gasteiger partial charge in [0.25, 0.3) is 0 Å². The Morgan fingerprint density at radius 3 is 1.89 bits per heavy atom. The second-order valence-electron chi connectivity index (χ2n) is 10.1. The number of hydrogen-bond donors (Lipinski definition) is 0. The van der Waals surface area contributed by atoms with E-state index in [1.54, 1.807) is 5.19 Å². The molecular formula is C24H34N2Si2. The summed E-state index contributed by atoms with van der Waals surface area (Å²) in [6.45, 7) is 19.2. The number of aryl methyl sites for hydroxylation is 3. The quantitative estimate of drug-likeness (QED) is 0.526. The van der Waals surface area contributed by atoms with Gasteiger partial charge >= 0.3 is 0 Å². The summed E-state index contributed by atoms with van der Waals surface area (Å²) in [6, 6.07) is 11.6. The molecule has 4 heteroatoms. The number of imidazole rings is 1. The SMILES string of the molecule is Cc1cccc(C)c1-c1c(-c2nccn2C)cc([Si](C)(C)C)cc1[Si](C)(C)C. The summed E-state index contributed by atoms with van der Waals surface area (Å²) in [5.74, 6) is 1.07. The molecule has 0 fully saturated rings. The minimum absolute atomic E-state index is 1.07. The van der Waals surface area contributed by atoms with E-state index < -0.39 is 16.1 Å². The van der Waals surface area contributed by atoms with Gasteiger partial charge in [0.1, 0.15) is 5.82 Å². The lowest BCUT2D eigenvalue weighted by molar-refractivity contribution is 0.925. The smallest absolute Gasteiger partial charge is 0.140 e. The van der Waals surface area contributed by atoms with E-state index in [4.69, 9.17) is 4.98 Å². The monoisotopic (exact) mass is 406 g/mol. The molecule has 0 spiro atoms. The average Bonchev–Trinajstić information content (AvgIpc) is 2.98. The molecule has 0 aliphatic carbocycles. The van der Waals surface area contributed by atoms with E-state index in [2.05, 4.69) is 101 Å². The second kappa shape index (κ2) is 7.16. The molecule has 0 unspecified atom stereocenters. The molecule has 28 heavy (non-hydrogen) atoms. The number of rotatable bonds is 4. The van der Waals surface area contributed by atoms with Crippen LogP contribution in [0, 0.1) is 13.8 Å². The lowest BCUT2D eigenvalue weighted by Gasteiger charge is -2.29. The number of nitrogens with zero attached hydrogens (tertiary/aromatic N) is 2. The highest BCUT2D eigenvalue weighted by molar-refractivity contribution is 6.92. The predicted molar refractivity (Wildman–Crippen MR) is 130 cm³/mol. The molecule has 0 saturated heterocycles. The number of aromatic nitrogens is 2. The number of hydrogen-bond acceptors (Lipinski definition) is 1. The molecular weight excluding hydrogens is 372 g/mol. The average molecular weight is 407 g/mol. The molecule has 1 aromatic heterocycles. The Kier molecular flexibility index (Phi) is 5.32. The van der Waals surface area contributed by atoms with Crippen LogP contribution in [-0.2, 0) is 7.05 Å². The van der Waals surface area contributed by atoms with E-state index in [1.807, 2.05) is 6.20 Å². The van der Waals surface area contributed by atoms with Gasteiger partial charge in [0, 0.05) is 25.0 Å². The van der Waals surface area contributed by atoms with E-state index in [-0.39, 0.29) is 0 Å². The summed E-state index contributed by atoms with van der Waals surface area (Å²) in [4.78, 5) is 4.77. The second-order valence-corrected chi connectivity index (χ2v) is 20.2. The molecule has 0 saturated carbocycles. The van der Waals surface area contributed by atoms with E-state index >= 15 is 0 Å². The van der Waals surface area contributed by atoms with Crippen molar-refractivity contribution < 1.29 is 0 Å². The zero-order valence-corrected chi connectivity index (χ0v) is 20.9. The van der Waals surface area contributed by atoms with E-state index in [1.165, 1.54) is 33.0 Å². The lowest BCUT2D eigenvalue weighted by Crippen LogP contribution is -2.46. The fraction of sp³-hybridized carbons (Fsp3) is 0.375. The van der Waals surface area contributed by atoms with Crippen LogP contribution < -0.4 is 10.4 Å². The summed E-state index contributed by atoms with van der Waals surface area (Å²) < 4.78 is 2.16. The summed E-state index contributed by atoms with van der Waals surface area (Å²) >= 11 is 0. The van der Waals surface area contributed by atoms with Crippen LogP contribution in [0.3, 0.4) is 0 Å². The molecule has 148 valence electrons. The Morgan fingerprint density at radius 2 is 1.43 bits per heavy atom. The van der Waals surface area contributed by atoms with Gasteiger partial charge in [-0.25, -0.2) is 4.98 Å². The molecule has 3 rings (SSSR count). The molecule has 0 aliphatic heterocycles. The van der Waals surface area contributed by atoms with Gasteiger partial charge in [0.2, 0.25) is 0 Å². The van der Waals surface area contributed by atoms with Crippen molar-refractivity contribution in [2.75, 3.05) is 0 Å². The van der Waals surface area contributed by atoms with Crippen molar-refractivity contribution in [1.29, 1.82) is 0 Å². The van der Waals surface area contributed by atoms with Gasteiger partial charge in [-0.2, -0.15) is 0 Å². The van der Waals surface area contributed by atoms with Crippen LogP contribution in [0.2, 0.25) is 39.3 Å². The minimum Gasteiger partial charge on any atom is -0.334 e. The maximum Gasteiger partial charge on any atom is 0.140 e. The van der Waals surface area contributed by atoms with Gasteiger partial charge in [-0.15, -0.1) is 0 Å². The number of benzene rings is 2. The molecule has 0 radical (unpaired) electrons. The highest BCUT2D eigenvalue weighted by atomic mass is 28.3. The topological polar surface area (TPSA) is 17.8 Å². The molecule has 2 nitrogen and oxygen atoms in total. The first kappa shape index (κ1) is 20.8. The normalized spacial score (nSPS) is 12.5. The van der Waals surface area contributed by atoms with E-state index in [0.717, 1.165) is 5.82 Å². The van der Waals surface area contributed by atoms with Crippen LogP contribution in [-0.4, -0.2) is 25.7 Å². The van der Waals surface area contributed by atoms with Crippen LogP contribution >= 0.6 is 0 Å². The summed E-state index contributed by atoms with van der Waals surface area (Å²) in [7, 11) is -0.960. The van der Waals surface area contributed by atoms with Gasteiger partial charge in [-0.05, 0) is 36.1 Å². The predicted octanol–water partition coefficient (Wildman–Crippen LogP) is 5.46. The van der Waals surface area contributed by atoms with Gasteiger partial charge in [-0.1, -0.05) is 80.0 Å². The van der Waals surface area contributed by atoms with Gasteiger partial charge in [0.15, 0.2) is 0 Å². The van der Waals surface area contributed by atoms with Crippen LogP contribution in [0.4, 0.5) is 0 Å². The van der Waals surface area contributed by atoms with Crippen molar-refractivity contribution >= 4 is 26.5 Å². The van der Waals surface area contributed by atoms with E-state index in [0.29, 0.717) is 0 Å². The maximum atomic E-state index is 4.77. The molecule has 0 aliphatic rings. The molecule has 0 amide bonds. The van der Waals surface area contributed by atoms with Crippen molar-refractivity contribution in [3.05, 3.63) is 53.9 Å². The van der Waals surface area contributed by atoms with Crippen molar-refractivity contribution in [2.24, 2.45) is 7.05 Å². The first-order valence-corrected chi connectivity index (χ1v) is 17.1. The highest BCUT2D eigenvalue weighted by Gasteiger charge is 2.29. The van der Waals surface area contributed by atoms with Crippen molar-refractivity contribution in [2.45, 2.75) is 53.1 Å². The Labute approximate surface area is 172 Å². The van der Waals surface area contributed by atoms with Crippen LogP contribution in [0.1, 0.15) is 11.1 Å². The van der Waals surface area contributed by atoms with Crippen LogP contribution in [0.15, 0.2) is 42.7 Å². The standard InChI is InChI=1S/C24H34N2Si2/c1-17-11-10-12-18(2)22(17)23-20(24-25-13-14-26(24)3)15-19(27(4,5)6)16-21(23)28(7,8)9/h10-16H,1-9H3. The van der Waals surface area contributed by atoms with Crippen LogP contribution in [0.5, 0.6) is 0 Å². The third-order valence-corrected chi connectivity index (χ3v) is 9.64. The molecule has 1 heterocycles. The fourth-order valence-corrected chi connectivity index (χ4v) is 6.84. The van der Waals surface area contributed by atoms with Crippen molar-refractivity contribution in [1.82, 2.24) is 9.55 Å². The third kappa shape index (κ3) is 3.80. The van der Waals surface area contributed by atoms with Crippen LogP contribution in [0.25, 0.3) is 22.5 Å². The molecule has 3 aromatic rings. The molecule has 0 bridgehead atoms. The van der Waals surface area contributed by atoms with Gasteiger partial charge in [0.05, 0.1) is 16.1 Å². The van der Waals surface area contributed by atoms with Crippen molar-refractivity contribution in [3.8, 4) is 22.5 Å². The zero-order chi connectivity index (χ0) is 20.9. The maximum absolute atomic E-state index is 4.77. The summed E-state index contributed by atoms with van der Waals surface area (Å²) in [6.07, 6.45) is 3.97. The highest BCUT2D eigenvalue weighted by Crippen LogP contribution is 2.35. The Morgan fingerprint density at radius 1 is 0.821 bits per heavy atom. The van der Waals surface area contributed by atoms with Gasteiger partial charge < -0.3 is 4.57 Å². The summed E-state index contributed by atoms with van der Waals surface area (Å²) in [5, 5.41) is 3.08. The van der Waals surface area contributed by atoms with Gasteiger partial charge in [-0.3, -0.25) is 0 Å². The fourth-order valence-electron chi connectivity index (χ4n) is 3.95. The molecule has 2 aromatic carbocycles. The minimum atomic E-state index is -1.59. The Bertz CT molecular complexity index is 998. The Hall–Kier alpha value is -1.92. The largest absolute Gasteiger partial charge is 0.334 e. The molecule has 0 atom stereocenters. The van der Waals surface area contributed by atoms with E-state index in [9.17, 15) is 0 Å². The first-order valence-electron chi connectivity index (χ1n) is 10.1. The Balaban J connectivity index is 2.54. The zero-order valence-electron chi connectivity index (χ0n) is 18.9. The lowest BCUT2D eigenvalue weighted by atomic mass is 9.91. The van der Waals surface area contributed by atoms with Crippen molar-refractivity contribution in [3.63, 3.8) is 0 Å². The summed E-state index contributed by atoms with van der Waals surface area (Å²) in [5.41, 5.74) is 6.78.